The lowest BCUT2D eigenvalue weighted by molar-refractivity contribution is 0.180. The molecule has 1 aromatic rings. The van der Waals surface area contributed by atoms with Crippen LogP contribution < -0.4 is 10.5 Å². The minimum absolute atomic E-state index is 0.550. The molecule has 2 rings (SSSR count). The average molecular weight is 296 g/mol. The van der Waals surface area contributed by atoms with E-state index < -0.39 is 0 Å². The van der Waals surface area contributed by atoms with Gasteiger partial charge in [0.15, 0.2) is 0 Å². The molecule has 0 spiro atoms. The minimum Gasteiger partial charge on any atom is -0.493 e. The van der Waals surface area contributed by atoms with Crippen LogP contribution in [-0.4, -0.2) is 13.2 Å². The van der Waals surface area contributed by atoms with Crippen molar-refractivity contribution in [3.63, 3.8) is 0 Å². The lowest BCUT2D eigenvalue weighted by Gasteiger charge is -2.25. The second-order valence-corrected chi connectivity index (χ2v) is 5.34. The molecular weight excluding hydrogens is 278 g/mol. The lowest BCUT2D eigenvalue weighted by Crippen LogP contribution is -2.19. The first-order valence-corrected chi connectivity index (χ1v) is 6.88. The Morgan fingerprint density at radius 2 is 2.24 bits per heavy atom. The molecule has 3 heteroatoms. The highest BCUT2D eigenvalue weighted by Gasteiger charge is 2.18. The molecule has 92 valence electrons. The summed E-state index contributed by atoms with van der Waals surface area (Å²) in [4.78, 5) is 0. The van der Waals surface area contributed by atoms with Gasteiger partial charge in [-0.3, -0.25) is 0 Å². The third-order valence-corrected chi connectivity index (χ3v) is 3.60. The van der Waals surface area contributed by atoms with E-state index in [1.165, 1.54) is 19.3 Å². The van der Waals surface area contributed by atoms with Gasteiger partial charge in [0.05, 0.1) is 6.61 Å². The molecule has 0 amide bonds. The normalized spacial score (nSPS) is 16.1. The van der Waals surface area contributed by atoms with Crippen molar-refractivity contribution in [1.82, 2.24) is 0 Å². The monoisotopic (exact) mass is 295 g/mol. The van der Waals surface area contributed by atoms with Crippen molar-refractivity contribution in [3.8, 4) is 5.75 Å². The predicted octanol–water partition coefficient (Wildman–Crippen LogP) is 3.60. The summed E-state index contributed by atoms with van der Waals surface area (Å²) in [5.41, 5.74) is 6.57. The second kappa shape index (κ2) is 6.22. The Hall–Kier alpha value is -0.800. The van der Waals surface area contributed by atoms with Crippen LogP contribution >= 0.6 is 15.9 Å². The fraction of sp³-hybridized carbons (Fsp3) is 0.429. The highest BCUT2D eigenvalue weighted by atomic mass is 79.9. The van der Waals surface area contributed by atoms with Crippen LogP contribution in [0.15, 0.2) is 28.7 Å². The number of halogens is 1. The molecule has 2 N–H and O–H groups in total. The summed E-state index contributed by atoms with van der Waals surface area (Å²) < 4.78 is 6.94. The summed E-state index contributed by atoms with van der Waals surface area (Å²) in [5.74, 6) is 1.70. The summed E-state index contributed by atoms with van der Waals surface area (Å²) >= 11 is 3.47. The van der Waals surface area contributed by atoms with Crippen molar-refractivity contribution >= 4 is 22.0 Å². The molecule has 2 nitrogen and oxygen atoms in total. The first-order chi connectivity index (χ1) is 8.29. The third kappa shape index (κ3) is 3.58. The van der Waals surface area contributed by atoms with Gasteiger partial charge in [0.1, 0.15) is 5.75 Å². The Kier molecular flexibility index (Phi) is 4.63. The first kappa shape index (κ1) is 12.7. The van der Waals surface area contributed by atoms with Crippen molar-refractivity contribution in [2.75, 3.05) is 13.2 Å². The maximum Gasteiger partial charge on any atom is 0.126 e. The van der Waals surface area contributed by atoms with Crippen molar-refractivity contribution in [3.05, 3.63) is 34.3 Å². The van der Waals surface area contributed by atoms with E-state index in [1.54, 1.807) is 0 Å². The average Bonchev–Trinajstić information content (AvgIpc) is 2.26. The Morgan fingerprint density at radius 1 is 1.41 bits per heavy atom. The van der Waals surface area contributed by atoms with Gasteiger partial charge in [-0.2, -0.15) is 0 Å². The topological polar surface area (TPSA) is 35.2 Å². The zero-order valence-electron chi connectivity index (χ0n) is 9.86. The quantitative estimate of drug-likeness (QED) is 0.901. The molecule has 17 heavy (non-hydrogen) atoms. The minimum atomic E-state index is 0.550. The van der Waals surface area contributed by atoms with E-state index in [4.69, 9.17) is 10.5 Å². The molecule has 1 aliphatic carbocycles. The molecular formula is C14H18BrNO. The van der Waals surface area contributed by atoms with Gasteiger partial charge in [0, 0.05) is 16.6 Å². The SMILES string of the molecule is NC/C=C/c1cc(Br)ccc1OCC1CCC1. The van der Waals surface area contributed by atoms with E-state index in [0.717, 1.165) is 28.3 Å². The summed E-state index contributed by atoms with van der Waals surface area (Å²) in [5, 5.41) is 0. The van der Waals surface area contributed by atoms with E-state index in [0.29, 0.717) is 6.54 Å². The standard InChI is InChI=1S/C14H18BrNO/c15-13-6-7-14(12(9-13)5-2-8-16)17-10-11-3-1-4-11/h2,5-7,9,11H,1,3-4,8,10,16H2/b5-2+. The molecule has 0 atom stereocenters. The zero-order valence-corrected chi connectivity index (χ0v) is 11.4. The largest absolute Gasteiger partial charge is 0.493 e. The molecule has 1 aromatic carbocycles. The van der Waals surface area contributed by atoms with Gasteiger partial charge >= 0.3 is 0 Å². The fourth-order valence-corrected chi connectivity index (χ4v) is 2.22. The van der Waals surface area contributed by atoms with Crippen molar-refractivity contribution < 1.29 is 4.74 Å². The lowest BCUT2D eigenvalue weighted by atomic mass is 9.86. The van der Waals surface area contributed by atoms with E-state index in [9.17, 15) is 0 Å². The first-order valence-electron chi connectivity index (χ1n) is 6.08. The van der Waals surface area contributed by atoms with Crippen molar-refractivity contribution in [2.45, 2.75) is 19.3 Å². The number of benzene rings is 1. The van der Waals surface area contributed by atoms with Crippen LogP contribution in [0, 0.1) is 5.92 Å². The fourth-order valence-electron chi connectivity index (χ4n) is 1.84. The Labute approximate surface area is 111 Å². The van der Waals surface area contributed by atoms with Gasteiger partial charge in [-0.15, -0.1) is 0 Å². The van der Waals surface area contributed by atoms with Gasteiger partial charge in [-0.05, 0) is 37.0 Å². The number of ether oxygens (including phenoxy) is 1. The Balaban J connectivity index is 2.04. The molecule has 0 aromatic heterocycles. The van der Waals surface area contributed by atoms with Gasteiger partial charge < -0.3 is 10.5 Å². The number of nitrogens with two attached hydrogens (primary N) is 1. The number of rotatable bonds is 5. The van der Waals surface area contributed by atoms with Crippen LogP contribution in [-0.2, 0) is 0 Å². The van der Waals surface area contributed by atoms with Gasteiger partial charge in [0.25, 0.3) is 0 Å². The van der Waals surface area contributed by atoms with E-state index in [1.807, 2.05) is 24.3 Å². The van der Waals surface area contributed by atoms with Crippen LogP contribution in [0.1, 0.15) is 24.8 Å². The van der Waals surface area contributed by atoms with Crippen LogP contribution in [0.3, 0.4) is 0 Å². The zero-order chi connectivity index (χ0) is 12.1. The van der Waals surface area contributed by atoms with Crippen LogP contribution in [0.5, 0.6) is 5.75 Å². The van der Waals surface area contributed by atoms with Crippen molar-refractivity contribution in [1.29, 1.82) is 0 Å². The summed E-state index contributed by atoms with van der Waals surface area (Å²) in [6, 6.07) is 6.08. The van der Waals surface area contributed by atoms with E-state index in [2.05, 4.69) is 22.0 Å². The molecule has 1 saturated carbocycles. The molecule has 0 saturated heterocycles. The maximum atomic E-state index is 5.88. The van der Waals surface area contributed by atoms with E-state index in [-0.39, 0.29) is 0 Å². The van der Waals surface area contributed by atoms with Crippen LogP contribution in [0.4, 0.5) is 0 Å². The molecule has 0 unspecified atom stereocenters. The van der Waals surface area contributed by atoms with E-state index >= 15 is 0 Å². The van der Waals surface area contributed by atoms with Crippen LogP contribution in [0.2, 0.25) is 0 Å². The highest BCUT2D eigenvalue weighted by molar-refractivity contribution is 9.10. The van der Waals surface area contributed by atoms with Crippen LogP contribution in [0.25, 0.3) is 6.08 Å². The molecule has 1 aliphatic rings. The smallest absolute Gasteiger partial charge is 0.126 e. The summed E-state index contributed by atoms with van der Waals surface area (Å²) in [7, 11) is 0. The Bertz CT molecular complexity index is 399. The molecule has 0 radical (unpaired) electrons. The van der Waals surface area contributed by atoms with Crippen molar-refractivity contribution in [2.24, 2.45) is 11.7 Å². The highest BCUT2D eigenvalue weighted by Crippen LogP contribution is 2.29. The predicted molar refractivity (Wildman–Crippen MR) is 75.1 cm³/mol. The summed E-state index contributed by atoms with van der Waals surface area (Å²) in [6.07, 6.45) is 7.93. The maximum absolute atomic E-state index is 5.88. The molecule has 0 aliphatic heterocycles. The molecule has 0 bridgehead atoms. The molecule has 1 fully saturated rings. The third-order valence-electron chi connectivity index (χ3n) is 3.10. The van der Waals surface area contributed by atoms with Gasteiger partial charge in [-0.1, -0.05) is 34.5 Å². The number of hydrogen-bond donors (Lipinski definition) is 1. The second-order valence-electron chi connectivity index (χ2n) is 4.43. The number of hydrogen-bond acceptors (Lipinski definition) is 2. The summed E-state index contributed by atoms with van der Waals surface area (Å²) in [6.45, 7) is 1.39. The Morgan fingerprint density at radius 3 is 2.88 bits per heavy atom. The molecule has 0 heterocycles. The van der Waals surface area contributed by atoms with Gasteiger partial charge in [0.2, 0.25) is 0 Å². The van der Waals surface area contributed by atoms with Gasteiger partial charge in [-0.25, -0.2) is 0 Å².